The highest BCUT2D eigenvalue weighted by molar-refractivity contribution is 5.70. The van der Waals surface area contributed by atoms with Crippen molar-refractivity contribution in [3.63, 3.8) is 0 Å². The molecule has 5 nitrogen and oxygen atoms in total. The van der Waals surface area contributed by atoms with Gasteiger partial charge in [0.1, 0.15) is 6.61 Å². The lowest BCUT2D eigenvalue weighted by atomic mass is 10.0. The summed E-state index contributed by atoms with van der Waals surface area (Å²) in [6.45, 7) is 3.89. The Hall–Kier alpha value is -3.44. The molecule has 0 aromatic heterocycles. The molecule has 5 heteroatoms. The van der Waals surface area contributed by atoms with Crippen LogP contribution in [-0.2, 0) is 19.1 Å². The lowest BCUT2D eigenvalue weighted by Gasteiger charge is -2.15. The summed E-state index contributed by atoms with van der Waals surface area (Å²) >= 11 is 0. The first kappa shape index (κ1) is 56.6. The summed E-state index contributed by atoms with van der Waals surface area (Å²) in [4.78, 5) is 24.4. The van der Waals surface area contributed by atoms with E-state index in [2.05, 4.69) is 123 Å². The minimum Gasteiger partial charge on any atom is -0.462 e. The zero-order valence-electron chi connectivity index (χ0n) is 38.7. The van der Waals surface area contributed by atoms with Gasteiger partial charge in [0.05, 0.1) is 6.61 Å². The van der Waals surface area contributed by atoms with Crippen LogP contribution in [0.3, 0.4) is 0 Å². The van der Waals surface area contributed by atoms with Crippen LogP contribution in [0.1, 0.15) is 206 Å². The topological polar surface area (TPSA) is 72.8 Å². The molecule has 0 aromatic rings. The summed E-state index contributed by atoms with van der Waals surface area (Å²) in [6.07, 6.45) is 71.7. The van der Waals surface area contributed by atoms with Crippen LogP contribution in [0.4, 0.5) is 0 Å². The van der Waals surface area contributed by atoms with Crippen molar-refractivity contribution in [3.8, 4) is 0 Å². The van der Waals surface area contributed by atoms with Gasteiger partial charge in [-0.05, 0) is 96.3 Å². The first-order chi connectivity index (χ1) is 29.6. The number of hydrogen-bond acceptors (Lipinski definition) is 5. The van der Waals surface area contributed by atoms with E-state index in [-0.39, 0.29) is 25.2 Å². The number of allylic oxidation sites excluding steroid dienone is 18. The van der Waals surface area contributed by atoms with Gasteiger partial charge in [0.2, 0.25) is 0 Å². The summed E-state index contributed by atoms with van der Waals surface area (Å²) in [6, 6.07) is 0. The van der Waals surface area contributed by atoms with Gasteiger partial charge in [-0.15, -0.1) is 0 Å². The second-order valence-corrected chi connectivity index (χ2v) is 15.8. The minimum atomic E-state index is -0.787. The van der Waals surface area contributed by atoms with Crippen LogP contribution in [0.2, 0.25) is 0 Å². The molecule has 1 unspecified atom stereocenters. The summed E-state index contributed by atoms with van der Waals surface area (Å²) in [7, 11) is 0. The molecule has 1 N–H and O–H groups in total. The maximum atomic E-state index is 12.3. The van der Waals surface area contributed by atoms with Crippen LogP contribution < -0.4 is 0 Å². The fourth-order valence-electron chi connectivity index (χ4n) is 6.45. The number of unbranched alkanes of at least 4 members (excludes halogenated alkanes) is 17. The lowest BCUT2D eigenvalue weighted by molar-refractivity contribution is -0.161. The average Bonchev–Trinajstić information content (AvgIpc) is 3.25. The number of aliphatic hydroxyl groups excluding tert-OH is 1. The van der Waals surface area contributed by atoms with Gasteiger partial charge in [-0.1, -0.05) is 207 Å². The number of rotatable bonds is 43. The maximum absolute atomic E-state index is 12.3. The van der Waals surface area contributed by atoms with Crippen LogP contribution >= 0.6 is 0 Å². The van der Waals surface area contributed by atoms with Gasteiger partial charge < -0.3 is 14.6 Å². The molecule has 0 saturated heterocycles. The zero-order chi connectivity index (χ0) is 43.5. The lowest BCUT2D eigenvalue weighted by Crippen LogP contribution is -2.28. The van der Waals surface area contributed by atoms with Gasteiger partial charge in [0.15, 0.2) is 6.10 Å². The van der Waals surface area contributed by atoms with Gasteiger partial charge in [0.25, 0.3) is 0 Å². The third-order valence-corrected chi connectivity index (χ3v) is 10.1. The zero-order valence-corrected chi connectivity index (χ0v) is 38.7. The Morgan fingerprint density at radius 1 is 0.383 bits per heavy atom. The smallest absolute Gasteiger partial charge is 0.306 e. The Bertz CT molecular complexity index is 1210. The Morgan fingerprint density at radius 3 is 1.00 bits per heavy atom. The van der Waals surface area contributed by atoms with Crippen molar-refractivity contribution in [1.29, 1.82) is 0 Å². The van der Waals surface area contributed by atoms with Crippen LogP contribution in [0.5, 0.6) is 0 Å². The van der Waals surface area contributed by atoms with Crippen LogP contribution in [0, 0.1) is 0 Å². The quantitative estimate of drug-likeness (QED) is 0.0376. The summed E-state index contributed by atoms with van der Waals surface area (Å²) in [5, 5.41) is 9.62. The standard InChI is InChI=1S/C55H90O5/c1-3-5-7-9-11-13-15-17-19-21-23-24-25-26-27-28-29-30-32-34-36-38-40-42-44-46-48-50-55(58)60-53(51-56)52-59-54(57)49-47-45-43-41-39-37-35-33-31-22-20-18-16-14-12-10-8-6-4-2/h5-8,11-14,17-20,23-24,26-27,31,33,53,56H,3-4,9-10,15-16,21-22,25,28-30,32,34-52H2,1-2H3/b7-5-,8-6-,13-11-,14-12-,19-17-,20-18-,24-23-,27-26-,33-31-. The number of carbonyl (C=O) groups is 2. The molecule has 0 heterocycles. The average molecular weight is 831 g/mol. The van der Waals surface area contributed by atoms with E-state index in [1.165, 1.54) is 77.0 Å². The van der Waals surface area contributed by atoms with Crippen molar-refractivity contribution in [2.45, 2.75) is 213 Å². The van der Waals surface area contributed by atoms with E-state index < -0.39 is 6.10 Å². The SMILES string of the molecule is CC/C=C\C/C=C\C/C=C\C/C=C\C/C=C\CCCCCCCCCCCCCC(=O)OC(CO)COC(=O)CCCCCCCC/C=C\C/C=C\C/C=C\C/C=C\CC. The highest BCUT2D eigenvalue weighted by Gasteiger charge is 2.16. The fraction of sp³-hybridized carbons (Fsp3) is 0.636. The van der Waals surface area contributed by atoms with Crippen LogP contribution in [0.25, 0.3) is 0 Å². The highest BCUT2D eigenvalue weighted by Crippen LogP contribution is 2.14. The van der Waals surface area contributed by atoms with Gasteiger partial charge >= 0.3 is 11.9 Å². The largest absolute Gasteiger partial charge is 0.462 e. The van der Waals surface area contributed by atoms with E-state index in [1.807, 2.05) is 0 Å². The number of esters is 2. The molecule has 0 rings (SSSR count). The van der Waals surface area contributed by atoms with Crippen molar-refractivity contribution in [2.24, 2.45) is 0 Å². The molecule has 0 radical (unpaired) electrons. The Balaban J connectivity index is 3.57. The van der Waals surface area contributed by atoms with Gasteiger partial charge in [0, 0.05) is 12.8 Å². The van der Waals surface area contributed by atoms with Gasteiger partial charge in [-0.2, -0.15) is 0 Å². The maximum Gasteiger partial charge on any atom is 0.306 e. The van der Waals surface area contributed by atoms with Crippen molar-refractivity contribution in [1.82, 2.24) is 0 Å². The molecule has 0 aliphatic rings. The number of aliphatic hydroxyl groups is 1. The molecule has 0 bridgehead atoms. The Kier molecular flexibility index (Phi) is 47.1. The van der Waals surface area contributed by atoms with Crippen molar-refractivity contribution >= 4 is 11.9 Å². The first-order valence-corrected chi connectivity index (χ1v) is 24.4. The predicted molar refractivity (Wildman–Crippen MR) is 260 cm³/mol. The monoisotopic (exact) mass is 831 g/mol. The molecule has 0 aliphatic carbocycles. The van der Waals surface area contributed by atoms with E-state index >= 15 is 0 Å². The molecule has 0 amide bonds. The highest BCUT2D eigenvalue weighted by atomic mass is 16.6. The number of carbonyl (C=O) groups excluding carboxylic acids is 2. The molecule has 0 aliphatic heterocycles. The molecule has 0 saturated carbocycles. The van der Waals surface area contributed by atoms with Crippen molar-refractivity contribution in [3.05, 3.63) is 109 Å². The Morgan fingerprint density at radius 2 is 0.667 bits per heavy atom. The summed E-state index contributed by atoms with van der Waals surface area (Å²) < 4.78 is 10.7. The molecule has 0 fully saturated rings. The number of ether oxygens (including phenoxy) is 2. The molecular formula is C55H90O5. The third-order valence-electron chi connectivity index (χ3n) is 10.1. The molecular weight excluding hydrogens is 741 g/mol. The summed E-state index contributed by atoms with van der Waals surface area (Å²) in [5.74, 6) is -0.616. The van der Waals surface area contributed by atoms with Gasteiger partial charge in [-0.25, -0.2) is 0 Å². The van der Waals surface area contributed by atoms with E-state index in [9.17, 15) is 14.7 Å². The van der Waals surface area contributed by atoms with Crippen molar-refractivity contribution in [2.75, 3.05) is 13.2 Å². The summed E-state index contributed by atoms with van der Waals surface area (Å²) in [5.41, 5.74) is 0. The van der Waals surface area contributed by atoms with E-state index in [4.69, 9.17) is 9.47 Å². The van der Waals surface area contributed by atoms with E-state index in [0.717, 1.165) is 103 Å². The number of hydrogen-bond donors (Lipinski definition) is 1. The van der Waals surface area contributed by atoms with Crippen LogP contribution in [0.15, 0.2) is 109 Å². The minimum absolute atomic E-state index is 0.0807. The molecule has 60 heavy (non-hydrogen) atoms. The Labute approximate surface area is 370 Å². The van der Waals surface area contributed by atoms with Crippen molar-refractivity contribution < 1.29 is 24.2 Å². The third kappa shape index (κ3) is 47.2. The van der Waals surface area contributed by atoms with Crippen LogP contribution in [-0.4, -0.2) is 36.4 Å². The predicted octanol–water partition coefficient (Wildman–Crippen LogP) is 16.2. The second kappa shape index (κ2) is 49.9. The van der Waals surface area contributed by atoms with Gasteiger partial charge in [-0.3, -0.25) is 9.59 Å². The molecule has 340 valence electrons. The molecule has 0 spiro atoms. The van der Waals surface area contributed by atoms with E-state index in [0.29, 0.717) is 12.8 Å². The normalized spacial score (nSPS) is 13.2. The fourth-order valence-corrected chi connectivity index (χ4v) is 6.45. The second-order valence-electron chi connectivity index (χ2n) is 15.8. The van der Waals surface area contributed by atoms with E-state index in [1.54, 1.807) is 0 Å². The molecule has 1 atom stereocenters. The molecule has 0 aromatic carbocycles. The first-order valence-electron chi connectivity index (χ1n) is 24.4.